The molecule has 0 saturated carbocycles. The number of nitrogens with two attached hydrogens (primary N) is 1. The number of allylic oxidation sites excluding steroid dienone is 6. The molecule has 0 atom stereocenters. The van der Waals surface area contributed by atoms with Gasteiger partial charge < -0.3 is 11.1 Å². The van der Waals surface area contributed by atoms with E-state index in [9.17, 15) is 13.0 Å². The number of benzene rings is 2. The molecule has 0 aliphatic carbocycles. The second-order valence-electron chi connectivity index (χ2n) is 9.88. The first kappa shape index (κ1) is 24.1. The Bertz CT molecular complexity index is 1390. The van der Waals surface area contributed by atoms with Gasteiger partial charge in [0.2, 0.25) is 5.69 Å². The largest absolute Gasteiger partial charge is 0.358 e. The average Bonchev–Trinajstić information content (AvgIpc) is 3.13. The Hall–Kier alpha value is -3.00. The Morgan fingerprint density at radius 1 is 1.00 bits per heavy atom. The Balaban J connectivity index is 1.55. The molecule has 2 aromatic rings. The fourth-order valence-electron chi connectivity index (χ4n) is 4.88. The third-order valence-corrected chi connectivity index (χ3v) is 7.83. The molecule has 6 nitrogen and oxygen atoms in total. The molecule has 0 saturated heterocycles. The first-order valence-corrected chi connectivity index (χ1v) is 12.7. The van der Waals surface area contributed by atoms with E-state index in [4.69, 9.17) is 5.73 Å². The van der Waals surface area contributed by atoms with Crippen LogP contribution in [0.1, 0.15) is 44.4 Å². The van der Waals surface area contributed by atoms with Gasteiger partial charge in [-0.15, -0.1) is 0 Å². The van der Waals surface area contributed by atoms with Gasteiger partial charge in [-0.3, -0.25) is 4.55 Å². The van der Waals surface area contributed by atoms with Crippen molar-refractivity contribution in [1.82, 2.24) is 0 Å². The summed E-state index contributed by atoms with van der Waals surface area (Å²) in [5, 5.41) is 3.36. The van der Waals surface area contributed by atoms with E-state index in [0.717, 1.165) is 22.5 Å². The smallest absolute Gasteiger partial charge is 0.294 e. The lowest BCUT2D eigenvalue weighted by atomic mass is 9.81. The molecule has 178 valence electrons. The number of fused-ring (bicyclic) bond motifs is 2. The molecule has 0 fully saturated rings. The first-order chi connectivity index (χ1) is 15.9. The fourth-order valence-corrected chi connectivity index (χ4v) is 5.39. The maximum atomic E-state index is 11.5. The quantitative estimate of drug-likeness (QED) is 0.326. The molecule has 2 heterocycles. The monoisotopic (exact) mass is 478 g/mol. The van der Waals surface area contributed by atoms with Crippen LogP contribution in [-0.4, -0.2) is 30.3 Å². The van der Waals surface area contributed by atoms with Crippen LogP contribution in [0.25, 0.3) is 0 Å². The number of nitrogens with zero attached hydrogens (tertiary/aromatic N) is 1. The Morgan fingerprint density at radius 2 is 1.74 bits per heavy atom. The minimum atomic E-state index is -4.25. The zero-order chi connectivity index (χ0) is 24.9. The number of rotatable bonds is 5. The van der Waals surface area contributed by atoms with E-state index in [0.29, 0.717) is 6.54 Å². The predicted octanol–water partition coefficient (Wildman–Crippen LogP) is 4.80. The standard InChI is InChI=1S/C27H31N3O3S/c1-26(2)20-16-19(34(31,32)33)12-13-22(20)29-24(26)9-7-6-8-10-25-27(3,4)21-15-18(17-28)11-14-23(21)30(25)5/h6-16H,17,28H2,1-5H3,(H,31,32,33)/p+1. The molecule has 0 aromatic heterocycles. The SMILES string of the molecule is C[N+]1=C(/C=C/C=C/C=C2/Nc3ccc(S(=O)(=O)O)cc3C2(C)C)C(C)(C)c2cc(CN)ccc21. The molecule has 7 heteroatoms. The van der Waals surface area contributed by atoms with Crippen LogP contribution in [0.3, 0.4) is 0 Å². The van der Waals surface area contributed by atoms with E-state index in [2.05, 4.69) is 55.1 Å². The number of hydrogen-bond donors (Lipinski definition) is 3. The van der Waals surface area contributed by atoms with Crippen molar-refractivity contribution in [3.05, 3.63) is 89.2 Å². The van der Waals surface area contributed by atoms with Crippen molar-refractivity contribution in [1.29, 1.82) is 0 Å². The first-order valence-electron chi connectivity index (χ1n) is 11.3. The van der Waals surface area contributed by atoms with Gasteiger partial charge in [0.15, 0.2) is 5.71 Å². The summed E-state index contributed by atoms with van der Waals surface area (Å²) in [6.45, 7) is 9.02. The third kappa shape index (κ3) is 4.04. The van der Waals surface area contributed by atoms with Crippen LogP contribution in [0.2, 0.25) is 0 Å². The summed E-state index contributed by atoms with van der Waals surface area (Å²) in [6, 6.07) is 11.0. The van der Waals surface area contributed by atoms with Crippen LogP contribution < -0.4 is 11.1 Å². The number of anilines is 1. The van der Waals surface area contributed by atoms with Crippen molar-refractivity contribution in [2.75, 3.05) is 12.4 Å². The average molecular weight is 479 g/mol. The summed E-state index contributed by atoms with van der Waals surface area (Å²) in [4.78, 5) is -0.0965. The van der Waals surface area contributed by atoms with Gasteiger partial charge in [0.05, 0.1) is 10.3 Å². The summed E-state index contributed by atoms with van der Waals surface area (Å²) >= 11 is 0. The van der Waals surface area contributed by atoms with E-state index in [-0.39, 0.29) is 10.3 Å². The lowest BCUT2D eigenvalue weighted by molar-refractivity contribution is -0.401. The van der Waals surface area contributed by atoms with Gasteiger partial charge in [0.25, 0.3) is 10.1 Å². The van der Waals surface area contributed by atoms with E-state index >= 15 is 0 Å². The highest BCUT2D eigenvalue weighted by Gasteiger charge is 2.42. The summed E-state index contributed by atoms with van der Waals surface area (Å²) in [6.07, 6.45) is 10.1. The van der Waals surface area contributed by atoms with Gasteiger partial charge >= 0.3 is 0 Å². The van der Waals surface area contributed by atoms with Crippen molar-refractivity contribution in [3.8, 4) is 0 Å². The second kappa shape index (κ2) is 8.34. The van der Waals surface area contributed by atoms with Crippen LogP contribution in [0.5, 0.6) is 0 Å². The Kier molecular flexibility index (Phi) is 5.92. The minimum absolute atomic E-state index is 0.0965. The van der Waals surface area contributed by atoms with Gasteiger partial charge in [-0.25, -0.2) is 0 Å². The highest BCUT2D eigenvalue weighted by molar-refractivity contribution is 7.85. The zero-order valence-corrected chi connectivity index (χ0v) is 21.1. The van der Waals surface area contributed by atoms with Crippen LogP contribution in [0, 0.1) is 0 Å². The minimum Gasteiger partial charge on any atom is -0.358 e. The maximum absolute atomic E-state index is 11.5. The topological polar surface area (TPSA) is 95.4 Å². The van der Waals surface area contributed by atoms with E-state index in [1.54, 1.807) is 6.07 Å². The maximum Gasteiger partial charge on any atom is 0.294 e. The molecule has 4 rings (SSSR count). The Labute approximate surface area is 202 Å². The normalized spacial score (nSPS) is 19.8. The van der Waals surface area contributed by atoms with Crippen molar-refractivity contribution >= 4 is 27.2 Å². The molecule has 2 aromatic carbocycles. The summed E-state index contributed by atoms with van der Waals surface area (Å²) in [5.74, 6) is 0. The van der Waals surface area contributed by atoms with Crippen molar-refractivity contribution < 1.29 is 17.5 Å². The van der Waals surface area contributed by atoms with E-state index < -0.39 is 15.5 Å². The molecule has 0 radical (unpaired) electrons. The van der Waals surface area contributed by atoms with Gasteiger partial charge in [0, 0.05) is 41.1 Å². The van der Waals surface area contributed by atoms with Crippen molar-refractivity contribution in [3.63, 3.8) is 0 Å². The molecular weight excluding hydrogens is 446 g/mol. The zero-order valence-electron chi connectivity index (χ0n) is 20.3. The highest BCUT2D eigenvalue weighted by atomic mass is 32.2. The number of hydrogen-bond acceptors (Lipinski definition) is 4. The molecule has 4 N–H and O–H groups in total. The van der Waals surface area contributed by atoms with Crippen LogP contribution in [0.15, 0.2) is 77.4 Å². The third-order valence-electron chi connectivity index (χ3n) is 6.98. The molecule has 34 heavy (non-hydrogen) atoms. The van der Waals surface area contributed by atoms with Crippen molar-refractivity contribution in [2.24, 2.45) is 5.73 Å². The van der Waals surface area contributed by atoms with E-state index in [1.807, 2.05) is 38.2 Å². The molecule has 0 unspecified atom stereocenters. The molecule has 0 bridgehead atoms. The summed E-state index contributed by atoms with van der Waals surface area (Å²) < 4.78 is 34.7. The van der Waals surface area contributed by atoms with E-state index in [1.165, 1.54) is 29.1 Å². The summed E-state index contributed by atoms with van der Waals surface area (Å²) in [7, 11) is -2.16. The van der Waals surface area contributed by atoms with Crippen molar-refractivity contribution in [2.45, 2.75) is 50.0 Å². The molecule has 2 aliphatic rings. The van der Waals surface area contributed by atoms with Gasteiger partial charge in [-0.2, -0.15) is 13.0 Å². The van der Waals surface area contributed by atoms with Gasteiger partial charge in [-0.1, -0.05) is 38.1 Å². The predicted molar refractivity (Wildman–Crippen MR) is 137 cm³/mol. The molecular formula is C27H32N3O3S+. The lowest BCUT2D eigenvalue weighted by Crippen LogP contribution is -2.26. The van der Waals surface area contributed by atoms with Crippen LogP contribution >= 0.6 is 0 Å². The lowest BCUT2D eigenvalue weighted by Gasteiger charge is -2.20. The summed E-state index contributed by atoms with van der Waals surface area (Å²) in [5.41, 5.74) is 12.7. The number of nitrogens with one attached hydrogen (secondary N) is 1. The van der Waals surface area contributed by atoms with Gasteiger partial charge in [0.1, 0.15) is 7.05 Å². The fraction of sp³-hybridized carbons (Fsp3) is 0.296. The molecule has 2 aliphatic heterocycles. The van der Waals surface area contributed by atoms with Crippen LogP contribution in [0.4, 0.5) is 11.4 Å². The van der Waals surface area contributed by atoms with Crippen LogP contribution in [-0.2, 0) is 27.5 Å². The molecule has 0 spiro atoms. The highest BCUT2D eigenvalue weighted by Crippen LogP contribution is 2.44. The second-order valence-corrected chi connectivity index (χ2v) is 11.3. The molecule has 0 amide bonds. The Morgan fingerprint density at radius 3 is 2.41 bits per heavy atom. The van der Waals surface area contributed by atoms with Gasteiger partial charge in [-0.05, 0) is 55.3 Å².